The largest absolute Gasteiger partial charge is 0.364 e. The van der Waals surface area contributed by atoms with Crippen LogP contribution in [0.3, 0.4) is 0 Å². The summed E-state index contributed by atoms with van der Waals surface area (Å²) in [6.45, 7) is 1.92. The Morgan fingerprint density at radius 1 is 1.24 bits per heavy atom. The van der Waals surface area contributed by atoms with Crippen molar-refractivity contribution in [2.24, 2.45) is 11.3 Å². The second-order valence-corrected chi connectivity index (χ2v) is 8.16. The normalized spacial score (nSPS) is 37.7. The highest BCUT2D eigenvalue weighted by molar-refractivity contribution is 7.95. The van der Waals surface area contributed by atoms with Crippen molar-refractivity contribution < 1.29 is 17.9 Å². The van der Waals surface area contributed by atoms with Crippen LogP contribution in [-0.2, 0) is 19.4 Å². The molecule has 1 aromatic rings. The van der Waals surface area contributed by atoms with Gasteiger partial charge in [0.25, 0.3) is 0 Å². The minimum Gasteiger partial charge on any atom is -0.364 e. The standard InChI is InChI=1S/C16H16O4S/c1-16-11(7-8-13(16)17)15-12(9-14(16)20-15)21(18,19)10-5-3-2-4-6-10/h2-6,9,11,14-15H,7-8H2,1H3/t11-,14+,15+,16+/m0/s1. The number of fused-ring (bicyclic) bond motifs is 5. The first-order valence-electron chi connectivity index (χ1n) is 7.16. The van der Waals surface area contributed by atoms with Crippen LogP contribution in [0.4, 0.5) is 0 Å². The zero-order valence-electron chi connectivity index (χ0n) is 11.7. The van der Waals surface area contributed by atoms with Crippen LogP contribution in [0.25, 0.3) is 0 Å². The van der Waals surface area contributed by atoms with Crippen LogP contribution in [0, 0.1) is 11.3 Å². The Morgan fingerprint density at radius 2 is 1.95 bits per heavy atom. The highest BCUT2D eigenvalue weighted by Gasteiger charge is 2.64. The summed E-state index contributed by atoms with van der Waals surface area (Å²) in [5.74, 6) is 0.195. The minimum absolute atomic E-state index is 0.00603. The van der Waals surface area contributed by atoms with Crippen molar-refractivity contribution in [1.29, 1.82) is 0 Å². The number of hydrogen-bond acceptors (Lipinski definition) is 4. The predicted molar refractivity (Wildman–Crippen MR) is 76.2 cm³/mol. The van der Waals surface area contributed by atoms with Crippen LogP contribution >= 0.6 is 0 Å². The Bertz CT molecular complexity index is 750. The van der Waals surface area contributed by atoms with Gasteiger partial charge in [0.15, 0.2) is 0 Å². The molecular weight excluding hydrogens is 288 g/mol. The molecular formula is C16H16O4S. The van der Waals surface area contributed by atoms with E-state index in [1.165, 1.54) is 0 Å². The molecule has 4 nitrogen and oxygen atoms in total. The molecule has 0 unspecified atom stereocenters. The van der Waals surface area contributed by atoms with E-state index < -0.39 is 27.5 Å². The minimum atomic E-state index is -3.53. The summed E-state index contributed by atoms with van der Waals surface area (Å²) < 4.78 is 31.4. The van der Waals surface area contributed by atoms with Crippen molar-refractivity contribution in [2.45, 2.75) is 36.9 Å². The quantitative estimate of drug-likeness (QED) is 0.839. The van der Waals surface area contributed by atoms with Gasteiger partial charge in [0, 0.05) is 12.3 Å². The lowest BCUT2D eigenvalue weighted by Crippen LogP contribution is -2.39. The number of carbonyl (C=O) groups excluding carboxylic acids is 1. The van der Waals surface area contributed by atoms with Gasteiger partial charge in [-0.2, -0.15) is 0 Å². The number of ketones is 1. The van der Waals surface area contributed by atoms with Gasteiger partial charge in [-0.1, -0.05) is 18.2 Å². The topological polar surface area (TPSA) is 60.4 Å². The maximum atomic E-state index is 12.8. The molecule has 3 aliphatic rings. The number of hydrogen-bond donors (Lipinski definition) is 0. The van der Waals surface area contributed by atoms with Crippen molar-refractivity contribution >= 4 is 15.6 Å². The molecule has 4 rings (SSSR count). The highest BCUT2D eigenvalue weighted by Crippen LogP contribution is 2.58. The van der Waals surface area contributed by atoms with Gasteiger partial charge in [-0.25, -0.2) is 8.42 Å². The van der Waals surface area contributed by atoms with Crippen LogP contribution in [0.15, 0.2) is 46.2 Å². The summed E-state index contributed by atoms with van der Waals surface area (Å²) in [4.78, 5) is 12.8. The molecule has 0 aromatic heterocycles. The first-order valence-corrected chi connectivity index (χ1v) is 8.64. The Balaban J connectivity index is 1.79. The predicted octanol–water partition coefficient (Wildman–Crippen LogP) is 2.11. The average Bonchev–Trinajstić information content (AvgIpc) is 3.12. The van der Waals surface area contributed by atoms with Gasteiger partial charge in [0.2, 0.25) is 9.84 Å². The van der Waals surface area contributed by atoms with Crippen LogP contribution in [0.1, 0.15) is 19.8 Å². The van der Waals surface area contributed by atoms with Crippen LogP contribution < -0.4 is 0 Å². The smallest absolute Gasteiger partial charge is 0.205 e. The van der Waals surface area contributed by atoms with E-state index in [2.05, 4.69) is 0 Å². The fourth-order valence-corrected chi connectivity index (χ4v) is 5.61. The molecule has 0 spiro atoms. The van der Waals surface area contributed by atoms with Gasteiger partial charge >= 0.3 is 0 Å². The van der Waals surface area contributed by atoms with E-state index in [9.17, 15) is 13.2 Å². The van der Waals surface area contributed by atoms with Crippen LogP contribution in [0.5, 0.6) is 0 Å². The third-order valence-electron chi connectivity index (χ3n) is 5.26. The summed E-state index contributed by atoms with van der Waals surface area (Å²) in [5.41, 5.74) is -0.527. The van der Waals surface area contributed by atoms with Gasteiger partial charge in [0.1, 0.15) is 5.78 Å². The maximum absolute atomic E-state index is 12.8. The molecule has 1 saturated heterocycles. The Kier molecular flexibility index (Phi) is 2.55. The molecule has 5 heteroatoms. The lowest BCUT2D eigenvalue weighted by molar-refractivity contribution is -0.127. The molecule has 0 radical (unpaired) electrons. The lowest BCUT2D eigenvalue weighted by atomic mass is 9.72. The molecule has 2 heterocycles. The average molecular weight is 304 g/mol. The molecule has 1 aromatic carbocycles. The van der Waals surface area contributed by atoms with E-state index in [1.807, 2.05) is 6.92 Å². The molecule has 1 aliphatic carbocycles. The Labute approximate surface area is 123 Å². The number of rotatable bonds is 2. The number of carbonyl (C=O) groups is 1. The summed E-state index contributed by atoms with van der Waals surface area (Å²) in [5, 5.41) is 0. The molecule has 2 aliphatic heterocycles. The molecule has 0 N–H and O–H groups in total. The second-order valence-electron chi connectivity index (χ2n) is 6.21. The van der Waals surface area contributed by atoms with Crippen molar-refractivity contribution in [3.8, 4) is 0 Å². The number of benzene rings is 1. The lowest BCUT2D eigenvalue weighted by Gasteiger charge is -2.29. The SMILES string of the molecule is C[C@]12C(=O)CC[C@H]1[C@H]1O[C@@H]2C=C1S(=O)(=O)c1ccccc1. The molecule has 1 saturated carbocycles. The van der Waals surface area contributed by atoms with Gasteiger partial charge in [-0.3, -0.25) is 4.79 Å². The van der Waals surface area contributed by atoms with E-state index in [-0.39, 0.29) is 11.7 Å². The van der Waals surface area contributed by atoms with Crippen LogP contribution in [0.2, 0.25) is 0 Å². The van der Waals surface area contributed by atoms with Crippen molar-refractivity contribution in [3.63, 3.8) is 0 Å². The van der Waals surface area contributed by atoms with E-state index in [1.54, 1.807) is 36.4 Å². The molecule has 0 amide bonds. The fourth-order valence-electron chi connectivity index (χ4n) is 3.99. The third-order valence-corrected chi connectivity index (χ3v) is 7.14. The zero-order valence-corrected chi connectivity index (χ0v) is 12.5. The van der Waals surface area contributed by atoms with Gasteiger partial charge in [-0.15, -0.1) is 0 Å². The summed E-state index contributed by atoms with van der Waals surface area (Å²) in [6.07, 6.45) is 2.06. The van der Waals surface area contributed by atoms with Crippen molar-refractivity contribution in [3.05, 3.63) is 41.3 Å². The van der Waals surface area contributed by atoms with Crippen molar-refractivity contribution in [2.75, 3.05) is 0 Å². The first kappa shape index (κ1) is 13.2. The van der Waals surface area contributed by atoms with E-state index in [0.29, 0.717) is 16.2 Å². The Hall–Kier alpha value is -1.46. The highest BCUT2D eigenvalue weighted by atomic mass is 32.2. The summed E-state index contributed by atoms with van der Waals surface area (Å²) in [6, 6.07) is 8.41. The number of sulfone groups is 1. The van der Waals surface area contributed by atoms with E-state index in [0.717, 1.165) is 6.42 Å². The first-order chi connectivity index (χ1) is 9.95. The van der Waals surface area contributed by atoms with Gasteiger partial charge in [-0.05, 0) is 31.6 Å². The monoisotopic (exact) mass is 304 g/mol. The molecule has 2 bridgehead atoms. The fraction of sp³-hybridized carbons (Fsp3) is 0.438. The van der Waals surface area contributed by atoms with Gasteiger partial charge < -0.3 is 4.74 Å². The second kappa shape index (κ2) is 4.05. The molecule has 2 fully saturated rings. The summed E-state index contributed by atoms with van der Waals surface area (Å²) >= 11 is 0. The third kappa shape index (κ3) is 1.53. The van der Waals surface area contributed by atoms with E-state index in [4.69, 9.17) is 4.74 Å². The molecule has 21 heavy (non-hydrogen) atoms. The van der Waals surface area contributed by atoms with Gasteiger partial charge in [0.05, 0.1) is 27.4 Å². The van der Waals surface area contributed by atoms with Crippen LogP contribution in [-0.4, -0.2) is 26.4 Å². The molecule has 4 atom stereocenters. The number of Topliss-reactive ketones (excluding diaryl/α,β-unsaturated/α-hetero) is 1. The van der Waals surface area contributed by atoms with Crippen molar-refractivity contribution in [1.82, 2.24) is 0 Å². The van der Waals surface area contributed by atoms with E-state index >= 15 is 0 Å². The Morgan fingerprint density at radius 3 is 2.67 bits per heavy atom. The molecule has 110 valence electrons. The number of ether oxygens (including phenoxy) is 1. The zero-order chi connectivity index (χ0) is 14.8. The maximum Gasteiger partial charge on any atom is 0.205 e. The summed E-state index contributed by atoms with van der Waals surface area (Å²) in [7, 11) is -3.53.